The lowest BCUT2D eigenvalue weighted by Gasteiger charge is -2.21. The van der Waals surface area contributed by atoms with Crippen LogP contribution in [0.2, 0.25) is 0 Å². The average molecular weight is 1880 g/mol. The predicted molar refractivity (Wildman–Crippen MR) is 511 cm³/mol. The minimum atomic E-state index is -1.67. The molecule has 34 heteroatoms. The molecule has 132 heavy (non-hydrogen) atoms. The Labute approximate surface area is 779 Å². The van der Waals surface area contributed by atoms with E-state index in [1.165, 1.54) is 114 Å². The van der Waals surface area contributed by atoms with Gasteiger partial charge in [0.25, 0.3) is 23.3 Å². The van der Waals surface area contributed by atoms with Gasteiger partial charge in [0.2, 0.25) is 14.8 Å². The van der Waals surface area contributed by atoms with Gasteiger partial charge >= 0.3 is 0 Å². The van der Waals surface area contributed by atoms with Crippen LogP contribution in [0, 0.1) is 87.4 Å². The van der Waals surface area contributed by atoms with Crippen molar-refractivity contribution in [1.29, 1.82) is 0 Å². The number of carbonyl (C=O) groups excluding carboxylic acids is 3. The summed E-state index contributed by atoms with van der Waals surface area (Å²) in [4.78, 5) is 74.9. The van der Waals surface area contributed by atoms with E-state index in [0.29, 0.717) is 88.1 Å². The quantitative estimate of drug-likeness (QED) is 0.00499. The summed E-state index contributed by atoms with van der Waals surface area (Å²) in [5.74, 6) is -0.717. The number of alkyl halides is 1. The molecule has 4 unspecified atom stereocenters. The average Bonchev–Trinajstić information content (AvgIpc) is 1.79. The summed E-state index contributed by atoms with van der Waals surface area (Å²) in [6.07, 6.45) is 19.1. The van der Waals surface area contributed by atoms with E-state index in [-0.39, 0.29) is 62.4 Å². The molecule has 13 N–H and O–H groups in total. The molecule has 4 aliphatic carbocycles. The van der Waals surface area contributed by atoms with E-state index in [2.05, 4.69) is 77.4 Å². The molecule has 26 nitrogen and oxygen atoms in total. The Morgan fingerprint density at radius 1 is 0.485 bits per heavy atom. The number of nitrogens with one attached hydrogen (secondary N) is 5. The van der Waals surface area contributed by atoms with Crippen LogP contribution < -0.4 is 49.6 Å². The highest BCUT2D eigenvalue weighted by molar-refractivity contribution is 8.26. The third kappa shape index (κ3) is 32.1. The number of halogens is 7. The lowest BCUT2D eigenvalue weighted by Crippen LogP contribution is -2.27. The first-order chi connectivity index (χ1) is 63.5. The number of rotatable bonds is 30. The van der Waals surface area contributed by atoms with Crippen molar-refractivity contribution >= 4 is 99.7 Å². The molecule has 0 bridgehead atoms. The zero-order valence-corrected chi connectivity index (χ0v) is 76.2. The molecule has 0 radical (unpaired) electrons. The zero-order chi connectivity index (χ0) is 94.9. The first-order valence-corrected chi connectivity index (χ1v) is 46.4. The summed E-state index contributed by atoms with van der Waals surface area (Å²) in [7, 11) is 7.36. The van der Waals surface area contributed by atoms with Gasteiger partial charge in [-0.15, -0.1) is 11.6 Å². The first-order valence-electron chi connectivity index (χ1n) is 43.2. The van der Waals surface area contributed by atoms with Gasteiger partial charge in [-0.05, 0) is 233 Å². The lowest BCUT2D eigenvalue weighted by molar-refractivity contribution is 0.101. The largest absolute Gasteiger partial charge is 0.396 e. The molecule has 5 heterocycles. The molecule has 4 atom stereocenters. The molecule has 4 saturated carbocycles. The molecule has 12 aromatic rings. The number of benzene rings is 7. The van der Waals surface area contributed by atoms with Crippen molar-refractivity contribution in [1.82, 2.24) is 44.2 Å². The molecule has 4 aliphatic rings. The van der Waals surface area contributed by atoms with Gasteiger partial charge in [0, 0.05) is 72.1 Å². The fourth-order valence-electron chi connectivity index (χ4n) is 14.1. The summed E-state index contributed by atoms with van der Waals surface area (Å²) in [5.41, 5.74) is 24.2. The van der Waals surface area contributed by atoms with Crippen molar-refractivity contribution in [3.63, 3.8) is 0 Å². The number of carbonyl (C=O) groups is 3. The second kappa shape index (κ2) is 50.6. The second-order valence-corrected chi connectivity index (χ2v) is 35.3. The number of hydrogen-bond acceptors (Lipinski definition) is 15. The summed E-state index contributed by atoms with van der Waals surface area (Å²) < 4.78 is 71.7. The minimum Gasteiger partial charge on any atom is -0.396 e. The van der Waals surface area contributed by atoms with E-state index in [4.69, 9.17) is 52.7 Å². The van der Waals surface area contributed by atoms with Gasteiger partial charge in [-0.1, -0.05) is 124 Å². The number of nitrogens with two attached hydrogens (primary N) is 3. The fourth-order valence-corrected chi connectivity index (χ4v) is 14.3. The summed E-state index contributed by atoms with van der Waals surface area (Å²) in [6.45, 7) is 30.0. The molecule has 5 aromatic heterocycles. The summed E-state index contributed by atoms with van der Waals surface area (Å²) in [5, 5.41) is 44.2. The van der Waals surface area contributed by atoms with Crippen LogP contribution in [0.5, 0.6) is 0 Å². The maximum absolute atomic E-state index is 14.9. The van der Waals surface area contributed by atoms with Crippen LogP contribution >= 0.6 is 33.0 Å². The molecular formula is C98H105Cl3F4N18O8S. The standard InChI is InChI=1S/C29H26FN5O2.C24H22ClFN4O.C24H23FN4O2.C12H16FNO.C5H5NO.C4H13N3.Cl2OS/c1-19-16-27(35(33-19)23-7-5-6-22(18-23)31-2)29(37)32-25-17-21(12-13-24(25)30)26(14-11-20-9-10-20)34-15-4-3-8-28(34)36;1-15-12-23(30(29-15)19-5-3-4-18(14-19)27-2)24(31)28-22-13-17(9-11-21(22)26)20(25)10-8-16-6-7-16;1-15-12-22(29(28-15)19-5-3-4-18(14-19)26-2)24(31)27-21-13-17(9-10-20(21)25)23(30)11-8-16-6-7-16;13-10-5-4-9(7-11(10)14)12(15)6-3-8-1-2-8;7-5-3-1-2-4-6-5;5-1-3-7-4-2-6;1-4(2)3/h3-8,12-13,15-18,20,26H,9-11,14H2,1H3,(H,32,37);3-5,9,11-14,16,20H,6-8,10H2,1H3,(H,28,31);3-5,9-10,12-14,16,23,30H,6-8,11H2,1H3,(H,27,31);4-5,7-8,12,15H,1-3,6,14H2;1-4H,(H,6,7);7H,1-6H2;. The molecule has 4 fully saturated rings. The minimum absolute atomic E-state index is 0.00767. The Morgan fingerprint density at radius 2 is 0.848 bits per heavy atom. The number of hydrogen-bond donors (Lipinski definition) is 10. The number of aryl methyl sites for hydroxylation is 3. The van der Waals surface area contributed by atoms with Gasteiger partial charge in [0.05, 0.1) is 100 Å². The van der Waals surface area contributed by atoms with Crippen LogP contribution in [0.25, 0.3) is 31.6 Å². The van der Waals surface area contributed by atoms with Crippen molar-refractivity contribution < 1.29 is 46.4 Å². The van der Waals surface area contributed by atoms with Crippen LogP contribution in [-0.4, -0.2) is 97.2 Å². The third-order valence-electron chi connectivity index (χ3n) is 21.7. The molecule has 16 rings (SSSR count). The normalized spacial score (nSPS) is 13.7. The van der Waals surface area contributed by atoms with Gasteiger partial charge < -0.3 is 58.2 Å². The third-order valence-corrected chi connectivity index (χ3v) is 22.2. The maximum Gasteiger partial charge on any atom is 0.274 e. The van der Waals surface area contributed by atoms with E-state index in [1.54, 1.807) is 183 Å². The number of nitrogen functional groups attached to an aromatic ring is 1. The number of H-pyrrole nitrogens is 1. The Morgan fingerprint density at radius 3 is 1.21 bits per heavy atom. The Bertz CT molecular complexity index is 5980. The first kappa shape index (κ1) is 101. The van der Waals surface area contributed by atoms with Crippen LogP contribution in [0.15, 0.2) is 222 Å². The van der Waals surface area contributed by atoms with Gasteiger partial charge in [0.1, 0.15) is 40.4 Å². The van der Waals surface area contributed by atoms with Crippen molar-refractivity contribution in [2.24, 2.45) is 35.1 Å². The monoisotopic (exact) mass is 1870 g/mol. The number of nitrogens with zero attached hydrogens (tertiary/aromatic N) is 10. The molecule has 690 valence electrons. The summed E-state index contributed by atoms with van der Waals surface area (Å²) in [6, 6.07) is 52.8. The highest BCUT2D eigenvalue weighted by atomic mass is 36.0. The Hall–Kier alpha value is -12.7. The number of aliphatic hydroxyl groups excluding tert-OH is 2. The van der Waals surface area contributed by atoms with E-state index >= 15 is 0 Å². The number of amides is 3. The second-order valence-electron chi connectivity index (χ2n) is 32.3. The number of aromatic nitrogens is 8. The van der Waals surface area contributed by atoms with Crippen LogP contribution in [0.1, 0.15) is 197 Å². The van der Waals surface area contributed by atoms with Crippen LogP contribution in [0.3, 0.4) is 0 Å². The Kier molecular flexibility index (Phi) is 38.9. The number of anilines is 4. The van der Waals surface area contributed by atoms with Gasteiger partial charge in [-0.25, -0.2) is 50.4 Å². The van der Waals surface area contributed by atoms with Gasteiger partial charge in [-0.2, -0.15) is 15.3 Å². The molecular weight excluding hydrogens is 1770 g/mol. The maximum atomic E-state index is 14.9. The van der Waals surface area contributed by atoms with E-state index in [1.807, 2.05) is 6.07 Å². The van der Waals surface area contributed by atoms with E-state index < -0.39 is 62.4 Å². The van der Waals surface area contributed by atoms with Crippen molar-refractivity contribution in [3.8, 4) is 17.1 Å². The fraction of sp³-hybridized carbons (Fsp3) is 0.316. The van der Waals surface area contributed by atoms with E-state index in [9.17, 15) is 51.7 Å². The molecule has 0 aliphatic heterocycles. The number of aliphatic hydroxyl groups is 2. The zero-order valence-electron chi connectivity index (χ0n) is 73.1. The molecule has 0 spiro atoms. The summed E-state index contributed by atoms with van der Waals surface area (Å²) >= 11 is 6.52. The molecule has 0 saturated heterocycles. The van der Waals surface area contributed by atoms with Crippen molar-refractivity contribution in [2.75, 3.05) is 47.9 Å². The lowest BCUT2D eigenvalue weighted by atomic mass is 9.99. The highest BCUT2D eigenvalue weighted by Crippen LogP contribution is 2.42. The SMILES string of the molecule is NCCNCCN.Nc1cc(C(O)CCC2CC2)ccc1F.O=S(Cl)Cl.O=c1cccc[nH]1.[C-]#[N+]c1cccc(-n2nc(C)cc2C(=O)Nc2cc(C(CCC3CC3)n3ccccc3=O)ccc2F)c1.[C-]#[N+]c1cccc(-n2nc(C)cc2C(=O)Nc2cc(C(Cl)CCC3CC3)ccc2F)c1.[C-]#[N+]c1cccc(-n2nc(C)cc2C(=O)Nc2cc(C(O)CCC3CC3)ccc2F)c1. The predicted octanol–water partition coefficient (Wildman–Crippen LogP) is 20.5. The smallest absolute Gasteiger partial charge is 0.274 e. The van der Waals surface area contributed by atoms with Crippen LogP contribution in [0.4, 0.5) is 57.4 Å². The van der Waals surface area contributed by atoms with Gasteiger partial charge in [-0.3, -0.25) is 24.0 Å². The number of pyridine rings is 2. The Balaban J connectivity index is 0.000000175. The topological polar surface area (TPSA) is 356 Å². The van der Waals surface area contributed by atoms with E-state index in [0.717, 1.165) is 86.6 Å². The van der Waals surface area contributed by atoms with Crippen molar-refractivity contribution in [2.45, 2.75) is 147 Å². The number of aromatic amines is 1. The van der Waals surface area contributed by atoms with Crippen molar-refractivity contribution in [3.05, 3.63) is 347 Å². The van der Waals surface area contributed by atoms with Gasteiger partial charge in [0.15, 0.2) is 17.1 Å². The molecule has 7 aromatic carbocycles. The highest BCUT2D eigenvalue weighted by Gasteiger charge is 2.30. The molecule has 3 amide bonds. The van der Waals surface area contributed by atoms with Crippen LogP contribution in [-0.2, 0) is 9.23 Å².